The number of non-ortho nitro benzene ring substituents is 2. The van der Waals surface area contributed by atoms with E-state index in [1.165, 1.54) is 54.2 Å². The van der Waals surface area contributed by atoms with Crippen LogP contribution in [0.3, 0.4) is 0 Å². The number of nitrogens with one attached hydrogen (secondary N) is 3. The minimum atomic E-state index is -0.647. The molecule has 4 aromatic carbocycles. The first-order chi connectivity index (χ1) is 21.5. The Labute approximate surface area is 261 Å². The molecule has 0 bridgehead atoms. The average molecular weight is 626 g/mol. The number of hydrogen-bond acceptors (Lipinski definition) is 8. The number of nitro groups is 2. The van der Waals surface area contributed by atoms with Gasteiger partial charge in [-0.3, -0.25) is 34.6 Å². The van der Waals surface area contributed by atoms with Crippen molar-refractivity contribution < 1.29 is 24.2 Å². The molecule has 0 aliphatic carbocycles. The van der Waals surface area contributed by atoms with Crippen LogP contribution in [0, 0.1) is 27.2 Å². The van der Waals surface area contributed by atoms with Crippen molar-refractivity contribution in [3.05, 3.63) is 140 Å². The van der Waals surface area contributed by atoms with E-state index in [0.29, 0.717) is 33.0 Å². The first-order valence-electron chi connectivity index (χ1n) is 13.5. The van der Waals surface area contributed by atoms with E-state index in [9.17, 15) is 34.6 Å². The largest absolute Gasteiger partial charge is 0.325 e. The zero-order valence-electron chi connectivity index (χ0n) is 24.1. The van der Waals surface area contributed by atoms with Crippen LogP contribution < -0.4 is 16.0 Å². The number of nitrogens with zero attached hydrogens (tertiary/aromatic N) is 2. The van der Waals surface area contributed by atoms with Crippen molar-refractivity contribution >= 4 is 58.3 Å². The first-order valence-corrected chi connectivity index (χ1v) is 14.3. The Morgan fingerprint density at radius 3 is 2.13 bits per heavy atom. The Balaban J connectivity index is 1.49. The van der Waals surface area contributed by atoms with Gasteiger partial charge in [-0.05, 0) is 73.5 Å². The molecule has 0 aliphatic heterocycles. The van der Waals surface area contributed by atoms with Gasteiger partial charge in [0.1, 0.15) is 5.70 Å². The van der Waals surface area contributed by atoms with Crippen molar-refractivity contribution in [1.82, 2.24) is 5.32 Å². The molecule has 4 aromatic rings. The lowest BCUT2D eigenvalue weighted by atomic mass is 10.1. The Morgan fingerprint density at radius 2 is 1.47 bits per heavy atom. The van der Waals surface area contributed by atoms with Crippen LogP contribution in [0.5, 0.6) is 0 Å². The van der Waals surface area contributed by atoms with Crippen LogP contribution in [-0.2, 0) is 9.59 Å². The van der Waals surface area contributed by atoms with Crippen LogP contribution in [0.15, 0.2) is 108 Å². The maximum atomic E-state index is 13.4. The van der Waals surface area contributed by atoms with Crippen molar-refractivity contribution in [2.75, 3.05) is 10.6 Å². The third-order valence-electron chi connectivity index (χ3n) is 6.41. The number of nitro benzene ring substituents is 2. The number of aryl methyl sites for hydroxylation is 1. The predicted octanol–water partition coefficient (Wildman–Crippen LogP) is 6.34. The van der Waals surface area contributed by atoms with Crippen molar-refractivity contribution in [3.8, 4) is 0 Å². The number of carbonyl (C=O) groups excluding carboxylic acids is 3. The summed E-state index contributed by atoms with van der Waals surface area (Å²) in [5, 5.41) is 29.7. The Hall–Kier alpha value is -5.82. The summed E-state index contributed by atoms with van der Waals surface area (Å²) in [6.45, 7) is 3.41. The standard InChI is InChI=1S/C32H27N5O7S/c1-20-11-14-26(37(43)44)19-28(20)34-30(38)21(2)45-27-10-6-9-24(18-27)33-32(40)29(35-31(39)23-7-4-3-5-8-23)17-22-12-15-25(16-13-22)36(41)42/h3-19,21H,1-2H3,(H,33,40)(H,34,38)(H,35,39)/b29-17+. The lowest BCUT2D eigenvalue weighted by Gasteiger charge is -2.15. The molecular weight excluding hydrogens is 598 g/mol. The van der Waals surface area contributed by atoms with Gasteiger partial charge in [0.25, 0.3) is 23.2 Å². The highest BCUT2D eigenvalue weighted by molar-refractivity contribution is 8.00. The number of benzene rings is 4. The van der Waals surface area contributed by atoms with Crippen molar-refractivity contribution in [3.63, 3.8) is 0 Å². The zero-order chi connectivity index (χ0) is 32.5. The van der Waals surface area contributed by atoms with Crippen LogP contribution in [0.25, 0.3) is 6.08 Å². The molecule has 228 valence electrons. The maximum absolute atomic E-state index is 13.4. The molecule has 0 fully saturated rings. The van der Waals surface area contributed by atoms with Gasteiger partial charge in [0.15, 0.2) is 0 Å². The van der Waals surface area contributed by atoms with E-state index in [1.807, 2.05) is 0 Å². The molecular formula is C32H27N5O7S. The maximum Gasteiger partial charge on any atom is 0.272 e. The molecule has 12 nitrogen and oxygen atoms in total. The molecule has 4 rings (SSSR count). The van der Waals surface area contributed by atoms with E-state index < -0.39 is 26.9 Å². The number of carbonyl (C=O) groups is 3. The third-order valence-corrected chi connectivity index (χ3v) is 7.50. The number of rotatable bonds is 11. The second kappa shape index (κ2) is 14.6. The van der Waals surface area contributed by atoms with Gasteiger partial charge < -0.3 is 16.0 Å². The molecule has 0 saturated carbocycles. The van der Waals surface area contributed by atoms with E-state index in [-0.39, 0.29) is 23.0 Å². The number of hydrogen-bond donors (Lipinski definition) is 3. The minimum Gasteiger partial charge on any atom is -0.325 e. The number of thioether (sulfide) groups is 1. The summed E-state index contributed by atoms with van der Waals surface area (Å²) in [5.41, 5.74) is 1.81. The second-order valence-electron chi connectivity index (χ2n) is 9.71. The van der Waals surface area contributed by atoms with E-state index in [0.717, 1.165) is 0 Å². The second-order valence-corrected chi connectivity index (χ2v) is 11.1. The Bertz CT molecular complexity index is 1790. The van der Waals surface area contributed by atoms with Crippen LogP contribution in [0.1, 0.15) is 28.4 Å². The van der Waals surface area contributed by atoms with Crippen LogP contribution in [0.2, 0.25) is 0 Å². The molecule has 3 N–H and O–H groups in total. The molecule has 1 atom stereocenters. The van der Waals surface area contributed by atoms with Gasteiger partial charge in [-0.1, -0.05) is 30.3 Å². The molecule has 1 unspecified atom stereocenters. The van der Waals surface area contributed by atoms with Gasteiger partial charge in [0.2, 0.25) is 5.91 Å². The van der Waals surface area contributed by atoms with E-state index in [2.05, 4.69) is 16.0 Å². The van der Waals surface area contributed by atoms with Gasteiger partial charge in [-0.15, -0.1) is 11.8 Å². The normalized spacial score (nSPS) is 11.6. The van der Waals surface area contributed by atoms with Gasteiger partial charge in [0, 0.05) is 40.4 Å². The molecule has 0 spiro atoms. The molecule has 0 radical (unpaired) electrons. The van der Waals surface area contributed by atoms with E-state index in [4.69, 9.17) is 0 Å². The van der Waals surface area contributed by atoms with E-state index >= 15 is 0 Å². The summed E-state index contributed by atoms with van der Waals surface area (Å²) in [6, 6.07) is 24.8. The summed E-state index contributed by atoms with van der Waals surface area (Å²) in [4.78, 5) is 60.9. The molecule has 45 heavy (non-hydrogen) atoms. The Kier molecular flexibility index (Phi) is 10.4. The van der Waals surface area contributed by atoms with Crippen LogP contribution >= 0.6 is 11.8 Å². The highest BCUT2D eigenvalue weighted by atomic mass is 32.2. The highest BCUT2D eigenvalue weighted by Gasteiger charge is 2.19. The van der Waals surface area contributed by atoms with Crippen molar-refractivity contribution in [1.29, 1.82) is 0 Å². The summed E-state index contributed by atoms with van der Waals surface area (Å²) < 4.78 is 0. The summed E-state index contributed by atoms with van der Waals surface area (Å²) in [6.07, 6.45) is 1.40. The molecule has 0 saturated heterocycles. The van der Waals surface area contributed by atoms with E-state index in [1.54, 1.807) is 74.5 Å². The fourth-order valence-corrected chi connectivity index (χ4v) is 4.92. The monoisotopic (exact) mass is 625 g/mol. The average Bonchev–Trinajstić information content (AvgIpc) is 3.02. The van der Waals surface area contributed by atoms with Gasteiger partial charge >= 0.3 is 0 Å². The van der Waals surface area contributed by atoms with Gasteiger partial charge in [-0.2, -0.15) is 0 Å². The fraction of sp³-hybridized carbons (Fsp3) is 0.0938. The fourth-order valence-electron chi connectivity index (χ4n) is 4.00. The minimum absolute atomic E-state index is 0.101. The molecule has 0 heterocycles. The SMILES string of the molecule is Cc1ccc([N+](=O)[O-])cc1NC(=O)C(C)Sc1cccc(NC(=O)/C(=C\c2ccc([N+](=O)[O-])cc2)NC(=O)c2ccccc2)c1. The number of anilines is 2. The number of amides is 3. The molecule has 13 heteroatoms. The summed E-state index contributed by atoms with van der Waals surface area (Å²) in [7, 11) is 0. The Morgan fingerprint density at radius 1 is 0.800 bits per heavy atom. The quantitative estimate of drug-likeness (QED) is 0.0749. The van der Waals surface area contributed by atoms with Gasteiger partial charge in [-0.25, -0.2) is 0 Å². The van der Waals surface area contributed by atoms with Crippen molar-refractivity contribution in [2.24, 2.45) is 0 Å². The summed E-state index contributed by atoms with van der Waals surface area (Å²) >= 11 is 1.21. The lowest BCUT2D eigenvalue weighted by Crippen LogP contribution is -2.30. The molecule has 3 amide bonds. The first kappa shape index (κ1) is 32.1. The topological polar surface area (TPSA) is 174 Å². The molecule has 0 aliphatic rings. The van der Waals surface area contributed by atoms with Crippen LogP contribution in [0.4, 0.5) is 22.7 Å². The molecule has 0 aromatic heterocycles. The predicted molar refractivity (Wildman–Crippen MR) is 172 cm³/mol. The highest BCUT2D eigenvalue weighted by Crippen LogP contribution is 2.28. The van der Waals surface area contributed by atoms with Crippen LogP contribution in [-0.4, -0.2) is 32.8 Å². The lowest BCUT2D eigenvalue weighted by molar-refractivity contribution is -0.385. The third kappa shape index (κ3) is 8.84. The van der Waals surface area contributed by atoms with Crippen molar-refractivity contribution in [2.45, 2.75) is 24.0 Å². The smallest absolute Gasteiger partial charge is 0.272 e. The summed E-state index contributed by atoms with van der Waals surface area (Å²) in [5.74, 6) is -1.54. The van der Waals surface area contributed by atoms with Gasteiger partial charge in [0.05, 0.1) is 20.8 Å². The zero-order valence-corrected chi connectivity index (χ0v) is 24.9.